The van der Waals surface area contributed by atoms with E-state index in [2.05, 4.69) is 0 Å². The van der Waals surface area contributed by atoms with Gasteiger partial charge in [-0.15, -0.1) is 0 Å². The number of ether oxygens (including phenoxy) is 1. The van der Waals surface area contributed by atoms with Crippen molar-refractivity contribution in [2.75, 3.05) is 0 Å². The Morgan fingerprint density at radius 3 is 0.597 bits per heavy atom. The van der Waals surface area contributed by atoms with Gasteiger partial charge in [0, 0.05) is 5.57 Å². The Balaban J connectivity index is 8.69. The topological polar surface area (TPSA) is 26.3 Å². The molecule has 0 aliphatic carbocycles. The van der Waals surface area contributed by atoms with Gasteiger partial charge in [0.15, 0.2) is 0 Å². The van der Waals surface area contributed by atoms with E-state index in [4.69, 9.17) is 0 Å². The summed E-state index contributed by atoms with van der Waals surface area (Å²) < 4.78 is 566. The molecule has 0 aromatic rings. The lowest BCUT2D eigenvalue weighted by atomic mass is 9.80. The number of esters is 1. The molecule has 2 nitrogen and oxygen atoms in total. The van der Waals surface area contributed by atoms with Crippen molar-refractivity contribution in [3.63, 3.8) is 0 Å². The van der Waals surface area contributed by atoms with Crippen LogP contribution in [0.4, 0.5) is 180 Å². The van der Waals surface area contributed by atoms with E-state index in [0.29, 0.717) is 0 Å². The van der Waals surface area contributed by atoms with Gasteiger partial charge in [0.05, 0.1) is 0 Å². The lowest BCUT2D eigenvalue weighted by Gasteiger charge is -2.49. The van der Waals surface area contributed by atoms with E-state index in [9.17, 15) is 180 Å². The SMILES string of the molecule is C=C(C)C(=O)OC(F)(C(F)(F)C(F)(F)C(F)(F)C(F)(F)C(F)(F)C(F)(F)C(F)(F)C(F)(F)C(F)(F)F)C(F)(F)C(F)(F)C(F)(F)C(F)(F)C(F)(F)C(F)(F)C(F)(F)C(F)(C(F)(F)F)C(F)(F)F. The summed E-state index contributed by atoms with van der Waals surface area (Å²) in [5, 5.41) is 0. The van der Waals surface area contributed by atoms with Gasteiger partial charge in [0.25, 0.3) is 0 Å². The Hall–Kier alpha value is -3.66. The number of hydrogen-bond acceptors (Lipinski definition) is 2. The van der Waals surface area contributed by atoms with Crippen LogP contribution in [0.25, 0.3) is 0 Å². The summed E-state index contributed by atoms with van der Waals surface area (Å²) in [6.07, 6.45) is -26.6. The van der Waals surface area contributed by atoms with Gasteiger partial charge >= 0.3 is 125 Å². The van der Waals surface area contributed by atoms with E-state index in [0.717, 1.165) is 0 Å². The number of alkyl halides is 41. The zero-order valence-corrected chi connectivity index (χ0v) is 29.0. The highest BCUT2D eigenvalue weighted by Gasteiger charge is 3.04. The van der Waals surface area contributed by atoms with E-state index in [1.807, 2.05) is 0 Å². The molecule has 0 saturated carbocycles. The van der Waals surface area contributed by atoms with Crippen LogP contribution in [-0.4, -0.2) is 125 Å². The molecule has 0 amide bonds. The van der Waals surface area contributed by atoms with E-state index in [-0.39, 0.29) is 0 Å². The zero-order valence-electron chi connectivity index (χ0n) is 29.0. The third kappa shape index (κ3) is 7.30. The first kappa shape index (κ1) is 63.3. The number of carbonyl (C=O) groups is 1. The van der Waals surface area contributed by atoms with Gasteiger partial charge in [-0.05, 0) is 6.92 Å². The van der Waals surface area contributed by atoms with Crippen LogP contribution < -0.4 is 0 Å². The number of carbonyl (C=O) groups excluding carboxylic acids is 1. The average Bonchev–Trinajstić information content (AvgIpc) is 3.07. The Labute approximate surface area is 335 Å². The lowest BCUT2D eigenvalue weighted by molar-refractivity contribution is -0.503. The first-order valence-electron chi connectivity index (χ1n) is 14.2. The standard InChI is InChI=1S/C24H5F41O2/c1-3(2)4(66)67-21(56,19(52,53)16(46,47)13(40,41)10(34,35)11(36,37)14(42,43)17(48,49)20(54,55)24(63,64)65)18(50,51)15(44,45)12(38,39)9(32,33)8(30,31)7(28,29)6(26,27)5(25,22(57,58)59)23(60,61)62/h1H2,2H3. The molecule has 0 fully saturated rings. The van der Waals surface area contributed by atoms with Crippen molar-refractivity contribution in [2.24, 2.45) is 0 Å². The summed E-state index contributed by atoms with van der Waals surface area (Å²) in [5.74, 6) is -168. The van der Waals surface area contributed by atoms with Crippen molar-refractivity contribution in [1.82, 2.24) is 0 Å². The van der Waals surface area contributed by atoms with E-state index < -0.39 is 137 Å². The largest absolute Gasteiger partial charge is 0.460 e. The van der Waals surface area contributed by atoms with Gasteiger partial charge in [-0.3, -0.25) is 0 Å². The normalized spacial score (nSPS) is 17.6. The molecule has 0 spiro atoms. The van der Waals surface area contributed by atoms with Crippen molar-refractivity contribution in [3.8, 4) is 0 Å². The summed E-state index contributed by atoms with van der Waals surface area (Å²) >= 11 is 0. The Bertz CT molecular complexity index is 1840. The van der Waals surface area contributed by atoms with Crippen LogP contribution in [0.5, 0.6) is 0 Å². The van der Waals surface area contributed by atoms with Gasteiger partial charge in [-0.2, -0.15) is 176 Å². The molecule has 0 rings (SSSR count). The number of halogens is 41. The monoisotopic (exact) mass is 1100 g/mol. The van der Waals surface area contributed by atoms with Crippen LogP contribution in [0.2, 0.25) is 0 Å². The quantitative estimate of drug-likeness (QED) is 0.0777. The van der Waals surface area contributed by atoms with Crippen LogP contribution in [0.15, 0.2) is 12.2 Å². The maximum absolute atomic E-state index is 15.4. The molecule has 0 radical (unpaired) electrons. The Morgan fingerprint density at radius 1 is 0.269 bits per heavy atom. The molecule has 0 bridgehead atoms. The first-order chi connectivity index (χ1) is 28.1. The molecule has 0 heterocycles. The van der Waals surface area contributed by atoms with Crippen LogP contribution >= 0.6 is 0 Å². The first-order valence-corrected chi connectivity index (χ1v) is 14.2. The molecule has 43 heteroatoms. The van der Waals surface area contributed by atoms with Crippen molar-refractivity contribution in [3.05, 3.63) is 12.2 Å². The summed E-state index contributed by atoms with van der Waals surface area (Å²) in [4.78, 5) is 11.5. The molecule has 0 aliphatic heterocycles. The molecular formula is C24H5F41O2. The van der Waals surface area contributed by atoms with Crippen molar-refractivity contribution < 1.29 is 190 Å². The second-order valence-corrected chi connectivity index (χ2v) is 12.5. The maximum Gasteiger partial charge on any atom is 0.460 e. The molecule has 67 heavy (non-hydrogen) atoms. The third-order valence-corrected chi connectivity index (χ3v) is 8.09. The third-order valence-electron chi connectivity index (χ3n) is 8.09. The highest BCUT2D eigenvalue weighted by atomic mass is 19.5. The summed E-state index contributed by atoms with van der Waals surface area (Å²) in [7, 11) is 0. The van der Waals surface area contributed by atoms with Crippen molar-refractivity contribution in [2.45, 2.75) is 126 Å². The molecular weight excluding hydrogens is 1100 g/mol. The maximum atomic E-state index is 15.4. The Morgan fingerprint density at radius 2 is 0.433 bits per heavy atom. The number of hydrogen-bond donors (Lipinski definition) is 0. The van der Waals surface area contributed by atoms with E-state index >= 15 is 4.39 Å². The van der Waals surface area contributed by atoms with Crippen LogP contribution in [-0.2, 0) is 9.53 Å². The molecule has 400 valence electrons. The molecule has 0 saturated heterocycles. The summed E-state index contributed by atoms with van der Waals surface area (Å²) in [5.41, 5.74) is -12.2. The second-order valence-electron chi connectivity index (χ2n) is 12.5. The van der Waals surface area contributed by atoms with Crippen LogP contribution in [0.3, 0.4) is 0 Å². The minimum atomic E-state index is -10.6. The highest BCUT2D eigenvalue weighted by Crippen LogP contribution is 2.71. The summed E-state index contributed by atoms with van der Waals surface area (Å²) in [6.45, 7) is 1.18. The molecule has 0 aromatic heterocycles. The highest BCUT2D eigenvalue weighted by molar-refractivity contribution is 5.87. The molecule has 0 aromatic carbocycles. The Kier molecular flexibility index (Phi) is 14.6. The predicted octanol–water partition coefficient (Wildman–Crippen LogP) is 13.7. The predicted molar refractivity (Wildman–Crippen MR) is 121 cm³/mol. The molecule has 0 N–H and O–H groups in total. The fourth-order valence-electron chi connectivity index (χ4n) is 4.02. The molecule has 1 unspecified atom stereocenters. The second kappa shape index (κ2) is 15.4. The summed E-state index contributed by atoms with van der Waals surface area (Å²) in [6, 6.07) is 0. The molecule has 0 aliphatic rings. The van der Waals surface area contributed by atoms with Crippen LogP contribution in [0.1, 0.15) is 6.92 Å². The molecule has 1 atom stereocenters. The van der Waals surface area contributed by atoms with Gasteiger partial charge < -0.3 is 4.74 Å². The fraction of sp³-hybridized carbons (Fsp3) is 0.875. The van der Waals surface area contributed by atoms with Gasteiger partial charge in [0.2, 0.25) is 0 Å². The number of rotatable bonds is 18. The van der Waals surface area contributed by atoms with Crippen molar-refractivity contribution in [1.29, 1.82) is 0 Å². The van der Waals surface area contributed by atoms with Gasteiger partial charge in [-0.1, -0.05) is 6.58 Å². The smallest absolute Gasteiger partial charge is 0.413 e. The minimum absolute atomic E-state index is 0.601. The van der Waals surface area contributed by atoms with Gasteiger partial charge in [0.1, 0.15) is 0 Å². The van der Waals surface area contributed by atoms with Crippen molar-refractivity contribution >= 4 is 5.97 Å². The minimum Gasteiger partial charge on any atom is -0.413 e. The van der Waals surface area contributed by atoms with Crippen LogP contribution in [0, 0.1) is 0 Å². The fourth-order valence-corrected chi connectivity index (χ4v) is 4.02. The van der Waals surface area contributed by atoms with E-state index in [1.54, 1.807) is 11.3 Å². The van der Waals surface area contributed by atoms with Gasteiger partial charge in [-0.25, -0.2) is 9.18 Å². The lowest BCUT2D eigenvalue weighted by Crippen LogP contribution is -2.82. The average molecular weight is 1100 g/mol. The van der Waals surface area contributed by atoms with E-state index in [1.165, 1.54) is 0 Å². The zero-order chi connectivity index (χ0) is 55.9.